The van der Waals surface area contributed by atoms with E-state index in [0.29, 0.717) is 37.5 Å². The maximum Gasteiger partial charge on any atom is 0.251 e. The van der Waals surface area contributed by atoms with Crippen molar-refractivity contribution in [1.29, 1.82) is 0 Å². The quantitative estimate of drug-likeness (QED) is 0.875. The second-order valence-corrected chi connectivity index (χ2v) is 6.75. The predicted molar refractivity (Wildman–Crippen MR) is 101 cm³/mol. The molecule has 0 aromatic heterocycles. The molecule has 4 rings (SSSR count). The van der Waals surface area contributed by atoms with Crippen molar-refractivity contribution in [3.05, 3.63) is 53.1 Å². The molecule has 140 valence electrons. The Morgan fingerprint density at radius 1 is 1.07 bits per heavy atom. The van der Waals surface area contributed by atoms with Crippen molar-refractivity contribution >= 4 is 17.5 Å². The van der Waals surface area contributed by atoms with Gasteiger partial charge in [0.05, 0.1) is 13.2 Å². The largest absolute Gasteiger partial charge is 0.490 e. The van der Waals surface area contributed by atoms with Crippen molar-refractivity contribution in [3.63, 3.8) is 0 Å². The van der Waals surface area contributed by atoms with Gasteiger partial charge in [0.25, 0.3) is 5.91 Å². The number of hydrogen-bond acceptors (Lipinski definition) is 4. The van der Waals surface area contributed by atoms with Crippen LogP contribution in [0.1, 0.15) is 40.7 Å². The zero-order chi connectivity index (χ0) is 18.6. The van der Waals surface area contributed by atoms with Gasteiger partial charge in [-0.3, -0.25) is 9.59 Å². The molecule has 0 fully saturated rings. The van der Waals surface area contributed by atoms with Gasteiger partial charge in [0.2, 0.25) is 5.91 Å². The average molecular weight is 366 g/mol. The van der Waals surface area contributed by atoms with Crippen molar-refractivity contribution < 1.29 is 19.1 Å². The lowest BCUT2D eigenvalue weighted by Crippen LogP contribution is -2.23. The molecule has 2 amide bonds. The summed E-state index contributed by atoms with van der Waals surface area (Å²) in [7, 11) is 0. The number of fused-ring (bicyclic) bond motifs is 2. The molecule has 0 unspecified atom stereocenters. The number of anilines is 1. The standard InChI is InChI=1S/C21H22N2O4/c24-19-7-2-4-14-12-15(8-9-17(14)23-19)21(25)22-13-16-5-1-6-18-20(16)27-11-3-10-26-18/h1,5-6,8-9,12H,2-4,7,10-11,13H2,(H,22,25)(H,23,24). The molecule has 0 radical (unpaired) electrons. The zero-order valence-electron chi connectivity index (χ0n) is 15.0. The first-order valence-corrected chi connectivity index (χ1v) is 9.29. The van der Waals surface area contributed by atoms with Crippen LogP contribution >= 0.6 is 0 Å². The van der Waals surface area contributed by atoms with Gasteiger partial charge in [-0.2, -0.15) is 0 Å². The van der Waals surface area contributed by atoms with Gasteiger partial charge < -0.3 is 20.1 Å². The molecule has 2 heterocycles. The number of para-hydroxylation sites is 1. The topological polar surface area (TPSA) is 76.7 Å². The van der Waals surface area contributed by atoms with E-state index in [2.05, 4.69) is 10.6 Å². The zero-order valence-corrected chi connectivity index (χ0v) is 15.0. The molecule has 0 aliphatic carbocycles. The third-order valence-electron chi connectivity index (χ3n) is 4.78. The second-order valence-electron chi connectivity index (χ2n) is 6.75. The van der Waals surface area contributed by atoms with Gasteiger partial charge in [-0.25, -0.2) is 0 Å². The van der Waals surface area contributed by atoms with Gasteiger partial charge in [0.1, 0.15) is 0 Å². The van der Waals surface area contributed by atoms with Crippen LogP contribution in [-0.2, 0) is 17.8 Å². The van der Waals surface area contributed by atoms with Crippen LogP contribution in [0.3, 0.4) is 0 Å². The van der Waals surface area contributed by atoms with Gasteiger partial charge in [-0.15, -0.1) is 0 Å². The highest BCUT2D eigenvalue weighted by atomic mass is 16.5. The van der Waals surface area contributed by atoms with Crippen molar-refractivity contribution in [2.24, 2.45) is 0 Å². The summed E-state index contributed by atoms with van der Waals surface area (Å²) in [5.74, 6) is 1.30. The molecule has 6 nitrogen and oxygen atoms in total. The van der Waals surface area contributed by atoms with E-state index < -0.39 is 0 Å². The summed E-state index contributed by atoms with van der Waals surface area (Å²) in [4.78, 5) is 24.3. The van der Waals surface area contributed by atoms with E-state index in [4.69, 9.17) is 9.47 Å². The minimum atomic E-state index is -0.152. The molecule has 0 bridgehead atoms. The third kappa shape index (κ3) is 3.89. The Labute approximate surface area is 157 Å². The van der Waals surface area contributed by atoms with E-state index in [1.807, 2.05) is 24.3 Å². The maximum absolute atomic E-state index is 12.6. The monoisotopic (exact) mass is 366 g/mol. The van der Waals surface area contributed by atoms with Gasteiger partial charge in [0, 0.05) is 36.2 Å². The smallest absolute Gasteiger partial charge is 0.251 e. The number of amides is 2. The molecule has 2 aliphatic rings. The minimum Gasteiger partial charge on any atom is -0.490 e. The van der Waals surface area contributed by atoms with Gasteiger partial charge in [0.15, 0.2) is 11.5 Å². The summed E-state index contributed by atoms with van der Waals surface area (Å²) in [6.07, 6.45) is 2.92. The lowest BCUT2D eigenvalue weighted by Gasteiger charge is -2.14. The fourth-order valence-corrected chi connectivity index (χ4v) is 3.39. The van der Waals surface area contributed by atoms with E-state index in [0.717, 1.165) is 41.8 Å². The number of carbonyl (C=O) groups is 2. The predicted octanol–water partition coefficient (Wildman–Crippen LogP) is 3.05. The summed E-state index contributed by atoms with van der Waals surface area (Å²) in [6, 6.07) is 11.1. The molecule has 2 aromatic carbocycles. The lowest BCUT2D eigenvalue weighted by atomic mass is 10.0. The van der Waals surface area contributed by atoms with Crippen LogP contribution in [0.25, 0.3) is 0 Å². The van der Waals surface area contributed by atoms with Crippen molar-refractivity contribution in [1.82, 2.24) is 5.32 Å². The second kappa shape index (κ2) is 7.70. The number of ether oxygens (including phenoxy) is 2. The Hall–Kier alpha value is -3.02. The third-order valence-corrected chi connectivity index (χ3v) is 4.78. The fraction of sp³-hybridized carbons (Fsp3) is 0.333. The molecular formula is C21H22N2O4. The number of aryl methyl sites for hydroxylation is 1. The van der Waals surface area contributed by atoms with Crippen LogP contribution < -0.4 is 20.1 Å². The average Bonchev–Trinajstić information content (AvgIpc) is 3.03. The van der Waals surface area contributed by atoms with Crippen molar-refractivity contribution in [2.75, 3.05) is 18.5 Å². The first-order chi connectivity index (χ1) is 13.2. The Morgan fingerprint density at radius 3 is 2.89 bits per heavy atom. The van der Waals surface area contributed by atoms with E-state index >= 15 is 0 Å². The molecular weight excluding hydrogens is 344 g/mol. The van der Waals surface area contributed by atoms with Gasteiger partial charge >= 0.3 is 0 Å². The summed E-state index contributed by atoms with van der Waals surface area (Å²) in [5.41, 5.74) is 3.28. The molecule has 6 heteroatoms. The lowest BCUT2D eigenvalue weighted by molar-refractivity contribution is -0.116. The van der Waals surface area contributed by atoms with Gasteiger partial charge in [-0.1, -0.05) is 12.1 Å². The summed E-state index contributed by atoms with van der Waals surface area (Å²) < 4.78 is 11.5. The van der Waals surface area contributed by atoms with Crippen molar-refractivity contribution in [2.45, 2.75) is 32.2 Å². The van der Waals surface area contributed by atoms with Crippen LogP contribution in [0.2, 0.25) is 0 Å². The molecule has 2 aromatic rings. The normalized spacial score (nSPS) is 15.8. The van der Waals surface area contributed by atoms with Crippen LogP contribution in [0.4, 0.5) is 5.69 Å². The van der Waals surface area contributed by atoms with E-state index in [1.165, 1.54) is 0 Å². The number of nitrogens with one attached hydrogen (secondary N) is 2. The molecule has 0 atom stereocenters. The van der Waals surface area contributed by atoms with Gasteiger partial charge in [-0.05, 0) is 42.7 Å². The summed E-state index contributed by atoms with van der Waals surface area (Å²) in [6.45, 7) is 1.60. The Morgan fingerprint density at radius 2 is 1.96 bits per heavy atom. The SMILES string of the molecule is O=C1CCCc2cc(C(=O)NCc3cccc4c3OCCCO4)ccc2N1. The fourth-order valence-electron chi connectivity index (χ4n) is 3.39. The van der Waals surface area contributed by atoms with Crippen molar-refractivity contribution in [3.8, 4) is 11.5 Å². The van der Waals surface area contributed by atoms with E-state index in [-0.39, 0.29) is 11.8 Å². The Balaban J connectivity index is 1.48. The minimum absolute atomic E-state index is 0.0259. The number of benzene rings is 2. The highest BCUT2D eigenvalue weighted by Crippen LogP contribution is 2.33. The Bertz CT molecular complexity index is 878. The number of rotatable bonds is 3. The van der Waals surface area contributed by atoms with E-state index in [9.17, 15) is 9.59 Å². The summed E-state index contributed by atoms with van der Waals surface area (Å²) >= 11 is 0. The first-order valence-electron chi connectivity index (χ1n) is 9.29. The van der Waals surface area contributed by atoms with Crippen LogP contribution in [-0.4, -0.2) is 25.0 Å². The molecule has 2 aliphatic heterocycles. The molecule has 27 heavy (non-hydrogen) atoms. The number of hydrogen-bond donors (Lipinski definition) is 2. The van der Waals surface area contributed by atoms with Crippen LogP contribution in [0, 0.1) is 0 Å². The summed E-state index contributed by atoms with van der Waals surface area (Å²) in [5, 5.41) is 5.84. The molecule has 2 N–H and O–H groups in total. The molecule has 0 saturated heterocycles. The van der Waals surface area contributed by atoms with Crippen LogP contribution in [0.5, 0.6) is 11.5 Å². The van der Waals surface area contributed by atoms with Crippen LogP contribution in [0.15, 0.2) is 36.4 Å². The molecule has 0 saturated carbocycles. The molecule has 0 spiro atoms. The first kappa shape index (κ1) is 17.4. The highest BCUT2D eigenvalue weighted by Gasteiger charge is 2.17. The number of carbonyl (C=O) groups excluding carboxylic acids is 2. The van der Waals surface area contributed by atoms with E-state index in [1.54, 1.807) is 12.1 Å². The Kier molecular flexibility index (Phi) is 4.96. The highest BCUT2D eigenvalue weighted by molar-refractivity contribution is 5.97. The maximum atomic E-state index is 12.6.